The van der Waals surface area contributed by atoms with Crippen molar-refractivity contribution in [3.8, 4) is 17.9 Å². The minimum absolute atomic E-state index is 0.144. The van der Waals surface area contributed by atoms with Crippen LogP contribution in [0.25, 0.3) is 0 Å². The lowest BCUT2D eigenvalue weighted by atomic mass is 9.98. The molecule has 222 valence electrons. The zero-order chi connectivity index (χ0) is 31.2. The van der Waals surface area contributed by atoms with Gasteiger partial charge in [0.1, 0.15) is 17.6 Å². The van der Waals surface area contributed by atoms with E-state index in [0.717, 1.165) is 24.3 Å². The number of imide groups is 1. The van der Waals surface area contributed by atoms with Gasteiger partial charge in [-0.1, -0.05) is 23.4 Å². The van der Waals surface area contributed by atoms with Crippen LogP contribution in [0, 0.1) is 29.1 Å². The number of carbonyl (C=O) groups is 4. The van der Waals surface area contributed by atoms with Crippen LogP contribution in [0.4, 0.5) is 11.4 Å². The predicted molar refractivity (Wildman–Crippen MR) is 161 cm³/mol. The molecular weight excluding hydrogens is 582 g/mol. The van der Waals surface area contributed by atoms with E-state index in [1.165, 1.54) is 6.07 Å². The summed E-state index contributed by atoms with van der Waals surface area (Å²) in [5, 5.41) is 18.8. The van der Waals surface area contributed by atoms with Crippen LogP contribution >= 0.6 is 11.6 Å². The zero-order valence-electron chi connectivity index (χ0n) is 24.1. The van der Waals surface area contributed by atoms with Crippen molar-refractivity contribution in [3.05, 3.63) is 76.1 Å². The molecule has 2 saturated heterocycles. The van der Waals surface area contributed by atoms with Gasteiger partial charge in [0, 0.05) is 49.2 Å². The van der Waals surface area contributed by atoms with Crippen molar-refractivity contribution in [1.29, 1.82) is 5.26 Å². The van der Waals surface area contributed by atoms with Crippen molar-refractivity contribution in [2.45, 2.75) is 44.8 Å². The highest BCUT2D eigenvalue weighted by atomic mass is 35.5. The number of amides is 4. The molecule has 2 N–H and O–H groups in total. The Kier molecular flexibility index (Phi) is 7.36. The Morgan fingerprint density at radius 2 is 1.95 bits per heavy atom. The summed E-state index contributed by atoms with van der Waals surface area (Å²) in [5.74, 6) is 5.38. The molecule has 3 aliphatic heterocycles. The van der Waals surface area contributed by atoms with Crippen LogP contribution < -0.4 is 15.5 Å². The molecule has 4 heterocycles. The first-order valence-electron chi connectivity index (χ1n) is 14.1. The van der Waals surface area contributed by atoms with Crippen molar-refractivity contribution >= 4 is 46.6 Å². The minimum atomic E-state index is -1.02. The number of fused-ring (bicyclic) bond motifs is 1. The fourth-order valence-electron chi connectivity index (χ4n) is 5.49. The molecule has 3 aliphatic rings. The maximum atomic E-state index is 13.0. The Labute approximate surface area is 258 Å². The lowest BCUT2D eigenvalue weighted by molar-refractivity contribution is -0.137. The van der Waals surface area contributed by atoms with Crippen LogP contribution in [0.15, 0.2) is 48.8 Å². The first-order valence-corrected chi connectivity index (χ1v) is 14.5. The number of nitriles is 1. The average molecular weight is 610 g/mol. The summed E-state index contributed by atoms with van der Waals surface area (Å²) in [6, 6.07) is 11.8. The second-order valence-corrected chi connectivity index (χ2v) is 12.0. The van der Waals surface area contributed by atoms with Crippen LogP contribution in [0.1, 0.15) is 53.7 Å². The standard InChI is InChI=1S/C32H28ClN7O4/c1-32(2,31(44)36-23-6-5-21(13-34)26(33)12-23)40-17-19(14-35-40)3-4-20-15-38(16-20)24-7-8-25-22(11-24)18-39(30(25)43)27-9-10-28(41)37-29(27)42/h5-8,11-12,14,17,20,27H,9-10,15-16,18H2,1-2H3,(H,36,44)(H,37,41,42). The second kappa shape index (κ2) is 11.2. The lowest BCUT2D eigenvalue weighted by Crippen LogP contribution is -2.52. The molecule has 0 bridgehead atoms. The van der Waals surface area contributed by atoms with Crippen LogP contribution in [0.2, 0.25) is 5.02 Å². The van der Waals surface area contributed by atoms with Crippen LogP contribution in [-0.4, -0.2) is 57.4 Å². The van der Waals surface area contributed by atoms with Crippen molar-refractivity contribution in [2.75, 3.05) is 23.3 Å². The van der Waals surface area contributed by atoms with Gasteiger partial charge < -0.3 is 15.1 Å². The number of hydrogen-bond donors (Lipinski definition) is 2. The van der Waals surface area contributed by atoms with Gasteiger partial charge in [0.05, 0.1) is 28.3 Å². The van der Waals surface area contributed by atoms with Crippen LogP contribution in [0.3, 0.4) is 0 Å². The third kappa shape index (κ3) is 5.38. The normalized spacial score (nSPS) is 18.1. The highest BCUT2D eigenvalue weighted by Gasteiger charge is 2.39. The molecule has 4 amide bonds. The van der Waals surface area contributed by atoms with E-state index < -0.39 is 17.5 Å². The Morgan fingerprint density at radius 1 is 1.16 bits per heavy atom. The summed E-state index contributed by atoms with van der Waals surface area (Å²) in [7, 11) is 0. The number of rotatable bonds is 5. The Hall–Kier alpha value is -5.13. The molecule has 0 saturated carbocycles. The summed E-state index contributed by atoms with van der Waals surface area (Å²) >= 11 is 6.09. The molecular formula is C32H28ClN7O4. The van der Waals surface area contributed by atoms with Gasteiger partial charge in [0.15, 0.2) is 0 Å². The lowest BCUT2D eigenvalue weighted by Gasteiger charge is -2.38. The molecule has 1 unspecified atom stereocenters. The topological polar surface area (TPSA) is 140 Å². The maximum Gasteiger partial charge on any atom is 0.255 e. The van der Waals surface area contributed by atoms with Crippen LogP contribution in [-0.2, 0) is 26.5 Å². The number of hydrogen-bond acceptors (Lipinski definition) is 7. The summed E-state index contributed by atoms with van der Waals surface area (Å²) in [4.78, 5) is 53.6. The van der Waals surface area contributed by atoms with Gasteiger partial charge in [-0.25, -0.2) is 0 Å². The van der Waals surface area contributed by atoms with E-state index in [2.05, 4.69) is 32.5 Å². The fourth-order valence-corrected chi connectivity index (χ4v) is 5.71. The Bertz CT molecular complexity index is 1820. The van der Waals surface area contributed by atoms with Crippen LogP contribution in [0.5, 0.6) is 0 Å². The fraction of sp³-hybridized carbons (Fsp3) is 0.312. The molecule has 0 radical (unpaired) electrons. The van der Waals surface area contributed by atoms with Crippen molar-refractivity contribution < 1.29 is 19.2 Å². The highest BCUT2D eigenvalue weighted by Crippen LogP contribution is 2.33. The number of benzene rings is 2. The SMILES string of the molecule is CC(C)(C(=O)Nc1ccc(C#N)c(Cl)c1)n1cc(C#CC2CN(c3ccc4c(c3)CN(C3CCC(=O)NC3=O)C4=O)C2)cn1. The summed E-state index contributed by atoms with van der Waals surface area (Å²) in [6.07, 6.45) is 3.92. The molecule has 6 rings (SSSR count). The number of anilines is 2. The number of halogens is 1. The van der Waals surface area contributed by atoms with Gasteiger partial charge in [0.25, 0.3) is 11.8 Å². The zero-order valence-corrected chi connectivity index (χ0v) is 24.8. The monoisotopic (exact) mass is 609 g/mol. The molecule has 1 aromatic heterocycles. The van der Waals surface area contributed by atoms with Crippen molar-refractivity contribution in [3.63, 3.8) is 0 Å². The summed E-state index contributed by atoms with van der Waals surface area (Å²) in [6.45, 7) is 5.29. The predicted octanol–water partition coefficient (Wildman–Crippen LogP) is 3.03. The maximum absolute atomic E-state index is 13.0. The third-order valence-electron chi connectivity index (χ3n) is 8.23. The smallest absolute Gasteiger partial charge is 0.255 e. The quantitative estimate of drug-likeness (QED) is 0.335. The molecule has 12 heteroatoms. The van der Waals surface area contributed by atoms with E-state index in [1.807, 2.05) is 18.2 Å². The Balaban J connectivity index is 1.05. The number of piperidine rings is 1. The van der Waals surface area contributed by atoms with Crippen molar-refractivity contribution in [2.24, 2.45) is 5.92 Å². The van der Waals surface area contributed by atoms with Gasteiger partial charge in [-0.3, -0.25) is 29.2 Å². The van der Waals surface area contributed by atoms with E-state index in [1.54, 1.807) is 54.0 Å². The third-order valence-corrected chi connectivity index (χ3v) is 8.55. The first-order chi connectivity index (χ1) is 21.0. The van der Waals surface area contributed by atoms with E-state index >= 15 is 0 Å². The summed E-state index contributed by atoms with van der Waals surface area (Å²) < 4.78 is 1.56. The number of aromatic nitrogens is 2. The minimum Gasteiger partial charge on any atom is -0.369 e. The largest absolute Gasteiger partial charge is 0.369 e. The van der Waals surface area contributed by atoms with Gasteiger partial charge in [-0.05, 0) is 62.2 Å². The second-order valence-electron chi connectivity index (χ2n) is 11.6. The van der Waals surface area contributed by atoms with E-state index in [0.29, 0.717) is 35.3 Å². The van der Waals surface area contributed by atoms with E-state index in [-0.39, 0.29) is 35.1 Å². The van der Waals surface area contributed by atoms with Gasteiger partial charge in [0.2, 0.25) is 11.8 Å². The Morgan fingerprint density at radius 3 is 2.68 bits per heavy atom. The van der Waals surface area contributed by atoms with Gasteiger partial charge in [-0.2, -0.15) is 10.4 Å². The molecule has 2 fully saturated rings. The highest BCUT2D eigenvalue weighted by molar-refractivity contribution is 6.32. The van der Waals surface area contributed by atoms with E-state index in [9.17, 15) is 19.2 Å². The number of carbonyl (C=O) groups excluding carboxylic acids is 4. The van der Waals surface area contributed by atoms with Gasteiger partial charge >= 0.3 is 0 Å². The van der Waals surface area contributed by atoms with Gasteiger partial charge in [-0.15, -0.1) is 0 Å². The molecule has 0 aliphatic carbocycles. The molecule has 44 heavy (non-hydrogen) atoms. The average Bonchev–Trinajstić information content (AvgIpc) is 3.57. The molecule has 1 atom stereocenters. The molecule has 3 aromatic rings. The first kappa shape index (κ1) is 29.0. The molecule has 2 aromatic carbocycles. The molecule has 11 nitrogen and oxygen atoms in total. The van der Waals surface area contributed by atoms with Crippen molar-refractivity contribution in [1.82, 2.24) is 20.0 Å². The summed E-state index contributed by atoms with van der Waals surface area (Å²) in [5.41, 5.74) is 2.93. The number of nitrogens with one attached hydrogen (secondary N) is 2. The molecule has 0 spiro atoms. The van der Waals surface area contributed by atoms with E-state index in [4.69, 9.17) is 16.9 Å². The number of nitrogens with zero attached hydrogens (tertiary/aromatic N) is 5.